The standard InChI is InChI=1S/C21H29N3/c1-6-19-9-7-8-10-20(19)24(15-22)12-11-23(5)21-17(3)13-16(2)14-18(21)4/h7-10,13-15,22H,6,11-12H2,1-5H3. The Morgan fingerprint density at radius 3 is 2.21 bits per heavy atom. The fourth-order valence-corrected chi connectivity index (χ4v) is 3.49. The minimum Gasteiger partial charge on any atom is -0.372 e. The van der Waals surface area contributed by atoms with Crippen molar-refractivity contribution in [2.75, 3.05) is 29.9 Å². The zero-order chi connectivity index (χ0) is 17.7. The van der Waals surface area contributed by atoms with Crippen LogP contribution in [0.15, 0.2) is 36.4 Å². The van der Waals surface area contributed by atoms with Gasteiger partial charge in [0.05, 0.1) is 6.34 Å². The molecule has 0 aromatic heterocycles. The largest absolute Gasteiger partial charge is 0.372 e. The summed E-state index contributed by atoms with van der Waals surface area (Å²) in [6.07, 6.45) is 2.42. The molecule has 0 spiro atoms. The van der Waals surface area contributed by atoms with Crippen LogP contribution in [0.4, 0.5) is 11.4 Å². The number of rotatable bonds is 7. The zero-order valence-electron chi connectivity index (χ0n) is 15.6. The van der Waals surface area contributed by atoms with E-state index in [4.69, 9.17) is 5.41 Å². The van der Waals surface area contributed by atoms with Crippen molar-refractivity contribution in [2.45, 2.75) is 34.1 Å². The molecule has 2 aromatic rings. The summed E-state index contributed by atoms with van der Waals surface area (Å²) in [7, 11) is 2.14. The summed E-state index contributed by atoms with van der Waals surface area (Å²) in [6, 6.07) is 12.8. The molecular formula is C21H29N3. The van der Waals surface area contributed by atoms with Gasteiger partial charge < -0.3 is 9.80 Å². The molecule has 3 nitrogen and oxygen atoms in total. The molecule has 0 saturated carbocycles. The van der Waals surface area contributed by atoms with Gasteiger partial charge in [0.1, 0.15) is 0 Å². The zero-order valence-corrected chi connectivity index (χ0v) is 15.6. The van der Waals surface area contributed by atoms with E-state index in [9.17, 15) is 0 Å². The second kappa shape index (κ2) is 8.00. The lowest BCUT2D eigenvalue weighted by Crippen LogP contribution is -2.33. The minimum atomic E-state index is 0.795. The molecule has 0 aliphatic carbocycles. The van der Waals surface area contributed by atoms with Crippen molar-refractivity contribution in [3.63, 3.8) is 0 Å². The molecule has 0 heterocycles. The molecule has 0 atom stereocenters. The third kappa shape index (κ3) is 3.97. The van der Waals surface area contributed by atoms with Gasteiger partial charge in [-0.05, 0) is 49.9 Å². The van der Waals surface area contributed by atoms with E-state index in [0.717, 1.165) is 25.2 Å². The molecule has 0 aliphatic rings. The molecule has 0 aliphatic heterocycles. The van der Waals surface area contributed by atoms with E-state index >= 15 is 0 Å². The fourth-order valence-electron chi connectivity index (χ4n) is 3.49. The van der Waals surface area contributed by atoms with Gasteiger partial charge in [-0.25, -0.2) is 0 Å². The van der Waals surface area contributed by atoms with Crippen LogP contribution in [0.5, 0.6) is 0 Å². The molecule has 128 valence electrons. The first-order valence-electron chi connectivity index (χ1n) is 8.62. The molecule has 0 saturated heterocycles. The van der Waals surface area contributed by atoms with E-state index in [0.29, 0.717) is 0 Å². The Kier molecular flexibility index (Phi) is 6.02. The van der Waals surface area contributed by atoms with Crippen LogP contribution < -0.4 is 9.80 Å². The number of hydrogen-bond donors (Lipinski definition) is 1. The van der Waals surface area contributed by atoms with E-state index in [1.165, 1.54) is 34.3 Å². The molecule has 0 radical (unpaired) electrons. The number of nitrogens with zero attached hydrogens (tertiary/aromatic N) is 2. The second-order valence-corrected chi connectivity index (χ2v) is 6.47. The van der Waals surface area contributed by atoms with Gasteiger partial charge in [0, 0.05) is 31.5 Å². The molecule has 3 heteroatoms. The molecule has 0 unspecified atom stereocenters. The number of aryl methyl sites for hydroxylation is 4. The highest BCUT2D eigenvalue weighted by Gasteiger charge is 2.12. The van der Waals surface area contributed by atoms with Gasteiger partial charge in [-0.1, -0.05) is 42.8 Å². The molecule has 0 fully saturated rings. The van der Waals surface area contributed by atoms with Crippen LogP contribution in [-0.2, 0) is 6.42 Å². The van der Waals surface area contributed by atoms with Crippen molar-refractivity contribution >= 4 is 17.7 Å². The number of anilines is 2. The highest BCUT2D eigenvalue weighted by atomic mass is 15.2. The van der Waals surface area contributed by atoms with Crippen LogP contribution in [0.3, 0.4) is 0 Å². The van der Waals surface area contributed by atoms with E-state index in [1.807, 2.05) is 11.0 Å². The SMILES string of the molecule is CCc1ccccc1N(C=N)CCN(C)c1c(C)cc(C)cc1C. The Balaban J connectivity index is 2.15. The highest BCUT2D eigenvalue weighted by Crippen LogP contribution is 2.26. The Morgan fingerprint density at radius 2 is 1.62 bits per heavy atom. The summed E-state index contributed by atoms with van der Waals surface area (Å²) in [5.41, 5.74) is 7.65. The van der Waals surface area contributed by atoms with Crippen LogP contribution in [0.1, 0.15) is 29.2 Å². The van der Waals surface area contributed by atoms with Crippen molar-refractivity contribution in [3.8, 4) is 0 Å². The first-order valence-corrected chi connectivity index (χ1v) is 8.62. The van der Waals surface area contributed by atoms with Crippen LogP contribution in [0.25, 0.3) is 0 Å². The first kappa shape index (κ1) is 18.1. The monoisotopic (exact) mass is 323 g/mol. The lowest BCUT2D eigenvalue weighted by atomic mass is 10.0. The number of para-hydroxylation sites is 1. The molecule has 1 N–H and O–H groups in total. The maximum Gasteiger partial charge on any atom is 0.0862 e. The second-order valence-electron chi connectivity index (χ2n) is 6.47. The van der Waals surface area contributed by atoms with E-state index in [1.54, 1.807) is 0 Å². The normalized spacial score (nSPS) is 10.5. The topological polar surface area (TPSA) is 30.3 Å². The van der Waals surface area contributed by atoms with Gasteiger partial charge in [-0.15, -0.1) is 0 Å². The highest BCUT2D eigenvalue weighted by molar-refractivity contribution is 5.78. The summed E-state index contributed by atoms with van der Waals surface area (Å²) in [5, 5.41) is 7.81. The molecule has 0 bridgehead atoms. The summed E-state index contributed by atoms with van der Waals surface area (Å²) in [5.74, 6) is 0. The lowest BCUT2D eigenvalue weighted by Gasteiger charge is -2.28. The van der Waals surface area contributed by atoms with Crippen LogP contribution in [0.2, 0.25) is 0 Å². The van der Waals surface area contributed by atoms with E-state index in [-0.39, 0.29) is 0 Å². The third-order valence-corrected chi connectivity index (χ3v) is 4.53. The Hall–Kier alpha value is -2.29. The van der Waals surface area contributed by atoms with Crippen LogP contribution in [-0.4, -0.2) is 26.5 Å². The summed E-state index contributed by atoms with van der Waals surface area (Å²) < 4.78 is 0. The first-order chi connectivity index (χ1) is 11.5. The van der Waals surface area contributed by atoms with Crippen molar-refractivity contribution in [3.05, 3.63) is 58.7 Å². The lowest BCUT2D eigenvalue weighted by molar-refractivity contribution is 0.861. The maximum atomic E-state index is 7.81. The number of likely N-dealkylation sites (N-methyl/N-ethyl adjacent to an activating group) is 1. The fraction of sp³-hybridized carbons (Fsp3) is 0.381. The van der Waals surface area contributed by atoms with Crippen molar-refractivity contribution in [1.29, 1.82) is 5.41 Å². The van der Waals surface area contributed by atoms with Gasteiger partial charge in [-0.3, -0.25) is 5.41 Å². The minimum absolute atomic E-state index is 0.795. The molecule has 2 aromatic carbocycles. The van der Waals surface area contributed by atoms with Crippen molar-refractivity contribution in [1.82, 2.24) is 0 Å². The van der Waals surface area contributed by atoms with E-state index < -0.39 is 0 Å². The summed E-state index contributed by atoms with van der Waals surface area (Å²) in [4.78, 5) is 4.34. The Morgan fingerprint density at radius 1 is 1.00 bits per heavy atom. The molecule has 2 rings (SSSR count). The molecular weight excluding hydrogens is 294 g/mol. The molecule has 24 heavy (non-hydrogen) atoms. The number of hydrogen-bond acceptors (Lipinski definition) is 2. The quantitative estimate of drug-likeness (QED) is 0.590. The van der Waals surface area contributed by atoms with Crippen molar-refractivity contribution < 1.29 is 0 Å². The Labute approximate surface area is 146 Å². The number of benzene rings is 2. The van der Waals surface area contributed by atoms with Crippen LogP contribution >= 0.6 is 0 Å². The number of nitrogens with one attached hydrogen (secondary N) is 1. The van der Waals surface area contributed by atoms with Crippen LogP contribution in [0, 0.1) is 26.2 Å². The summed E-state index contributed by atoms with van der Waals surface area (Å²) in [6.45, 7) is 10.3. The van der Waals surface area contributed by atoms with E-state index in [2.05, 4.69) is 70.0 Å². The average molecular weight is 323 g/mol. The Bertz CT molecular complexity index is 683. The smallest absolute Gasteiger partial charge is 0.0862 e. The average Bonchev–Trinajstić information content (AvgIpc) is 2.54. The third-order valence-electron chi connectivity index (χ3n) is 4.53. The maximum absolute atomic E-state index is 7.81. The van der Waals surface area contributed by atoms with Gasteiger partial charge in [0.2, 0.25) is 0 Å². The van der Waals surface area contributed by atoms with Crippen molar-refractivity contribution in [2.24, 2.45) is 0 Å². The van der Waals surface area contributed by atoms with Gasteiger partial charge >= 0.3 is 0 Å². The van der Waals surface area contributed by atoms with Gasteiger partial charge in [0.15, 0.2) is 0 Å². The molecule has 0 amide bonds. The predicted octanol–water partition coefficient (Wildman–Crippen LogP) is 4.72. The van der Waals surface area contributed by atoms with Gasteiger partial charge in [-0.2, -0.15) is 0 Å². The summed E-state index contributed by atoms with van der Waals surface area (Å²) >= 11 is 0. The van der Waals surface area contributed by atoms with Gasteiger partial charge in [0.25, 0.3) is 0 Å². The predicted molar refractivity (Wildman–Crippen MR) is 106 cm³/mol.